The summed E-state index contributed by atoms with van der Waals surface area (Å²) in [7, 11) is 1.55. The van der Waals surface area contributed by atoms with Crippen LogP contribution in [0, 0.1) is 0 Å². The summed E-state index contributed by atoms with van der Waals surface area (Å²) in [5, 5.41) is 3.98. The van der Waals surface area contributed by atoms with E-state index in [0.717, 1.165) is 10.6 Å². The summed E-state index contributed by atoms with van der Waals surface area (Å²) in [6.45, 7) is 0. The van der Waals surface area contributed by atoms with Crippen LogP contribution in [-0.2, 0) is 10.5 Å². The van der Waals surface area contributed by atoms with Gasteiger partial charge in [0.05, 0.1) is 17.9 Å². The van der Waals surface area contributed by atoms with E-state index in [1.165, 1.54) is 11.8 Å². The van der Waals surface area contributed by atoms with Crippen molar-refractivity contribution in [2.24, 2.45) is 0 Å². The first kappa shape index (κ1) is 17.0. The van der Waals surface area contributed by atoms with Crippen LogP contribution >= 0.6 is 35.0 Å². The van der Waals surface area contributed by atoms with Crippen molar-refractivity contribution in [1.29, 1.82) is 0 Å². The lowest BCUT2D eigenvalue weighted by Crippen LogP contribution is -2.14. The fraction of sp³-hybridized carbons (Fsp3) is 0.188. The third-order valence-corrected chi connectivity index (χ3v) is 4.53. The van der Waals surface area contributed by atoms with Crippen LogP contribution in [0.25, 0.3) is 0 Å². The fourth-order valence-electron chi connectivity index (χ4n) is 1.81. The van der Waals surface area contributed by atoms with Gasteiger partial charge in [0.2, 0.25) is 5.91 Å². The first-order chi connectivity index (χ1) is 10.6. The number of ether oxygens (including phenoxy) is 1. The predicted octanol–water partition coefficient (Wildman–Crippen LogP) is 4.87. The van der Waals surface area contributed by atoms with Crippen LogP contribution in [0.4, 0.5) is 5.69 Å². The summed E-state index contributed by atoms with van der Waals surface area (Å²) in [5.74, 6) is 1.52. The highest BCUT2D eigenvalue weighted by atomic mass is 35.5. The number of rotatable bonds is 6. The van der Waals surface area contributed by atoms with E-state index >= 15 is 0 Å². The molecule has 116 valence electrons. The van der Waals surface area contributed by atoms with Gasteiger partial charge in [0.15, 0.2) is 0 Å². The molecule has 22 heavy (non-hydrogen) atoms. The molecule has 1 N–H and O–H groups in total. The fourth-order valence-corrected chi connectivity index (χ4v) is 3.18. The smallest absolute Gasteiger partial charge is 0.234 e. The van der Waals surface area contributed by atoms with E-state index < -0.39 is 0 Å². The zero-order chi connectivity index (χ0) is 15.9. The molecule has 0 fully saturated rings. The first-order valence-electron chi connectivity index (χ1n) is 6.54. The SMILES string of the molecule is COc1ccc(NC(=O)CSCc2ccccc2Cl)cc1Cl. The summed E-state index contributed by atoms with van der Waals surface area (Å²) in [6, 6.07) is 12.7. The van der Waals surface area contributed by atoms with E-state index in [-0.39, 0.29) is 5.91 Å². The number of benzene rings is 2. The lowest BCUT2D eigenvalue weighted by atomic mass is 10.2. The van der Waals surface area contributed by atoms with Crippen molar-refractivity contribution >= 4 is 46.6 Å². The molecule has 0 saturated carbocycles. The van der Waals surface area contributed by atoms with Crippen molar-refractivity contribution in [2.75, 3.05) is 18.2 Å². The molecule has 2 aromatic carbocycles. The normalized spacial score (nSPS) is 10.3. The van der Waals surface area contributed by atoms with E-state index in [4.69, 9.17) is 27.9 Å². The molecule has 0 aliphatic carbocycles. The number of thioether (sulfide) groups is 1. The van der Waals surface area contributed by atoms with Gasteiger partial charge in [-0.25, -0.2) is 0 Å². The summed E-state index contributed by atoms with van der Waals surface area (Å²) < 4.78 is 5.07. The molecule has 0 saturated heterocycles. The molecular weight excluding hydrogens is 341 g/mol. The molecule has 0 aliphatic heterocycles. The quantitative estimate of drug-likeness (QED) is 0.802. The molecule has 2 aromatic rings. The van der Waals surface area contributed by atoms with Gasteiger partial charge >= 0.3 is 0 Å². The number of nitrogens with one attached hydrogen (secondary N) is 1. The summed E-state index contributed by atoms with van der Waals surface area (Å²) in [6.07, 6.45) is 0. The number of hydrogen-bond acceptors (Lipinski definition) is 3. The van der Waals surface area contributed by atoms with Crippen molar-refractivity contribution in [2.45, 2.75) is 5.75 Å². The average molecular weight is 356 g/mol. The van der Waals surface area contributed by atoms with Crippen LogP contribution in [0.2, 0.25) is 10.0 Å². The van der Waals surface area contributed by atoms with Crippen molar-refractivity contribution in [1.82, 2.24) is 0 Å². The number of carbonyl (C=O) groups is 1. The minimum absolute atomic E-state index is 0.0849. The summed E-state index contributed by atoms with van der Waals surface area (Å²) in [4.78, 5) is 11.9. The Kier molecular flexibility index (Phi) is 6.43. The summed E-state index contributed by atoms with van der Waals surface area (Å²) >= 11 is 13.6. The molecule has 0 aromatic heterocycles. The molecule has 0 unspecified atom stereocenters. The van der Waals surface area contributed by atoms with Crippen molar-refractivity contribution in [3.05, 3.63) is 58.1 Å². The molecule has 3 nitrogen and oxygen atoms in total. The van der Waals surface area contributed by atoms with Crippen molar-refractivity contribution in [3.8, 4) is 5.75 Å². The molecule has 2 rings (SSSR count). The van der Waals surface area contributed by atoms with Gasteiger partial charge in [0, 0.05) is 16.5 Å². The van der Waals surface area contributed by atoms with E-state index in [1.807, 2.05) is 24.3 Å². The molecule has 0 atom stereocenters. The largest absolute Gasteiger partial charge is 0.495 e. The second kappa shape index (κ2) is 8.32. The summed E-state index contributed by atoms with van der Waals surface area (Å²) in [5.41, 5.74) is 1.67. The van der Waals surface area contributed by atoms with Crippen molar-refractivity contribution in [3.63, 3.8) is 0 Å². The second-order valence-corrected chi connectivity index (χ2v) is 6.28. The zero-order valence-corrected chi connectivity index (χ0v) is 14.3. The van der Waals surface area contributed by atoms with Crippen LogP contribution in [0.15, 0.2) is 42.5 Å². The van der Waals surface area contributed by atoms with Crippen LogP contribution in [-0.4, -0.2) is 18.8 Å². The van der Waals surface area contributed by atoms with Crippen LogP contribution in [0.3, 0.4) is 0 Å². The molecule has 1 amide bonds. The Bertz CT molecular complexity index is 664. The highest BCUT2D eigenvalue weighted by Gasteiger charge is 2.07. The molecule has 0 aliphatic rings. The molecule has 0 bridgehead atoms. The van der Waals surface area contributed by atoms with Crippen molar-refractivity contribution < 1.29 is 9.53 Å². The Morgan fingerprint density at radius 2 is 1.95 bits per heavy atom. The maximum absolute atomic E-state index is 11.9. The first-order valence-corrected chi connectivity index (χ1v) is 8.45. The molecule has 0 heterocycles. The number of methoxy groups -OCH3 is 1. The van der Waals surface area contributed by atoms with Crippen LogP contribution < -0.4 is 10.1 Å². The van der Waals surface area contributed by atoms with E-state index in [0.29, 0.717) is 28.0 Å². The van der Waals surface area contributed by atoms with Gasteiger partial charge in [-0.15, -0.1) is 11.8 Å². The predicted molar refractivity (Wildman–Crippen MR) is 94.2 cm³/mol. The lowest BCUT2D eigenvalue weighted by molar-refractivity contribution is -0.113. The number of amides is 1. The molecule has 0 radical (unpaired) electrons. The number of halogens is 2. The second-order valence-electron chi connectivity index (χ2n) is 4.48. The maximum Gasteiger partial charge on any atom is 0.234 e. The topological polar surface area (TPSA) is 38.3 Å². The number of carbonyl (C=O) groups excluding carboxylic acids is 1. The molecule has 6 heteroatoms. The maximum atomic E-state index is 11.9. The van der Waals surface area contributed by atoms with Crippen LogP contribution in [0.1, 0.15) is 5.56 Å². The third-order valence-electron chi connectivity index (χ3n) is 2.88. The van der Waals surface area contributed by atoms with Gasteiger partial charge in [-0.1, -0.05) is 41.4 Å². The number of anilines is 1. The Morgan fingerprint density at radius 3 is 2.64 bits per heavy atom. The third kappa shape index (κ3) is 4.83. The average Bonchev–Trinajstić information content (AvgIpc) is 2.49. The zero-order valence-electron chi connectivity index (χ0n) is 11.9. The van der Waals surface area contributed by atoms with E-state index in [1.54, 1.807) is 25.3 Å². The van der Waals surface area contributed by atoms with E-state index in [2.05, 4.69) is 5.32 Å². The van der Waals surface area contributed by atoms with Gasteiger partial charge in [-0.2, -0.15) is 0 Å². The lowest BCUT2D eigenvalue weighted by Gasteiger charge is -2.08. The van der Waals surface area contributed by atoms with Crippen LogP contribution in [0.5, 0.6) is 5.75 Å². The van der Waals surface area contributed by atoms with Gasteiger partial charge in [0.1, 0.15) is 5.75 Å². The van der Waals surface area contributed by atoms with Gasteiger partial charge < -0.3 is 10.1 Å². The van der Waals surface area contributed by atoms with Gasteiger partial charge in [-0.3, -0.25) is 4.79 Å². The molecular formula is C16H15Cl2NO2S. The Balaban J connectivity index is 1.83. The highest BCUT2D eigenvalue weighted by molar-refractivity contribution is 7.99. The Morgan fingerprint density at radius 1 is 1.18 bits per heavy atom. The number of hydrogen-bond donors (Lipinski definition) is 1. The monoisotopic (exact) mass is 355 g/mol. The highest BCUT2D eigenvalue weighted by Crippen LogP contribution is 2.27. The van der Waals surface area contributed by atoms with Gasteiger partial charge in [-0.05, 0) is 29.8 Å². The Hall–Kier alpha value is -1.36. The molecule has 0 spiro atoms. The minimum atomic E-state index is -0.0849. The van der Waals surface area contributed by atoms with E-state index in [9.17, 15) is 4.79 Å². The minimum Gasteiger partial charge on any atom is -0.495 e. The Labute approximate surface area is 144 Å². The van der Waals surface area contributed by atoms with Gasteiger partial charge in [0.25, 0.3) is 0 Å². The standard InChI is InChI=1S/C16H15Cl2NO2S/c1-21-15-7-6-12(8-14(15)18)19-16(20)10-22-9-11-4-2-3-5-13(11)17/h2-8H,9-10H2,1H3,(H,19,20).